The fourth-order valence-corrected chi connectivity index (χ4v) is 2.73. The molecule has 0 saturated heterocycles. The Kier molecular flexibility index (Phi) is 2.30. The molecule has 0 aromatic carbocycles. The van der Waals surface area contributed by atoms with Crippen molar-refractivity contribution in [3.63, 3.8) is 0 Å². The van der Waals surface area contributed by atoms with E-state index in [2.05, 4.69) is 15.7 Å². The van der Waals surface area contributed by atoms with E-state index in [0.29, 0.717) is 0 Å². The average Bonchev–Trinajstić information content (AvgIpc) is 3.17. The molecule has 0 spiro atoms. The zero-order valence-electron chi connectivity index (χ0n) is 8.70. The largest absolute Gasteiger partial charge is 0.394 e. The number of thiazole rings is 1. The summed E-state index contributed by atoms with van der Waals surface area (Å²) in [6.45, 7) is 1.07. The predicted octanol–water partition coefficient (Wildman–Crippen LogP) is 1.63. The van der Waals surface area contributed by atoms with Gasteiger partial charge in [0.1, 0.15) is 0 Å². The van der Waals surface area contributed by atoms with Gasteiger partial charge in [0.25, 0.3) is 0 Å². The van der Waals surface area contributed by atoms with Crippen molar-refractivity contribution < 1.29 is 5.11 Å². The topological polar surface area (TPSA) is 45.1 Å². The van der Waals surface area contributed by atoms with Crippen LogP contribution in [0.5, 0.6) is 0 Å². The smallest absolute Gasteiger partial charge is 0.0959 e. The molecule has 1 heterocycles. The van der Waals surface area contributed by atoms with Crippen molar-refractivity contribution >= 4 is 11.3 Å². The van der Waals surface area contributed by atoms with E-state index < -0.39 is 0 Å². The van der Waals surface area contributed by atoms with E-state index in [1.54, 1.807) is 11.3 Å². The minimum Gasteiger partial charge on any atom is -0.394 e. The van der Waals surface area contributed by atoms with Crippen LogP contribution in [-0.2, 0) is 6.54 Å². The Labute approximate surface area is 93.5 Å². The van der Waals surface area contributed by atoms with Crippen LogP contribution in [0.2, 0.25) is 0 Å². The molecule has 0 bridgehead atoms. The van der Waals surface area contributed by atoms with Crippen LogP contribution in [0.1, 0.15) is 42.3 Å². The molecule has 3 rings (SSSR count). The number of nitrogens with zero attached hydrogens (tertiary/aromatic N) is 1. The van der Waals surface area contributed by atoms with Gasteiger partial charge in [0.2, 0.25) is 0 Å². The van der Waals surface area contributed by atoms with Gasteiger partial charge in [0.15, 0.2) is 0 Å². The molecule has 82 valence electrons. The lowest BCUT2D eigenvalue weighted by Gasteiger charge is -2.12. The maximum Gasteiger partial charge on any atom is 0.0959 e. The summed E-state index contributed by atoms with van der Waals surface area (Å²) in [7, 11) is 0. The highest BCUT2D eigenvalue weighted by molar-refractivity contribution is 7.09. The van der Waals surface area contributed by atoms with Crippen molar-refractivity contribution in [3.05, 3.63) is 16.1 Å². The first kappa shape index (κ1) is 9.75. The predicted molar refractivity (Wildman–Crippen MR) is 60.0 cm³/mol. The van der Waals surface area contributed by atoms with E-state index in [9.17, 15) is 0 Å². The second-order valence-electron chi connectivity index (χ2n) is 4.74. The van der Waals surface area contributed by atoms with E-state index in [0.717, 1.165) is 31.0 Å². The summed E-state index contributed by atoms with van der Waals surface area (Å²) in [5.74, 6) is 0.761. The SMILES string of the molecule is OCC1(NCc2csc(C3CC3)n2)CC1. The van der Waals surface area contributed by atoms with Crippen molar-refractivity contribution in [2.24, 2.45) is 0 Å². The first-order valence-corrected chi connectivity index (χ1v) is 6.49. The van der Waals surface area contributed by atoms with Crippen molar-refractivity contribution in [3.8, 4) is 0 Å². The Morgan fingerprint density at radius 3 is 2.93 bits per heavy atom. The Bertz CT molecular complexity index is 355. The van der Waals surface area contributed by atoms with Crippen LogP contribution in [-0.4, -0.2) is 22.2 Å². The van der Waals surface area contributed by atoms with E-state index in [1.165, 1.54) is 17.8 Å². The van der Waals surface area contributed by atoms with E-state index in [4.69, 9.17) is 5.11 Å². The maximum absolute atomic E-state index is 9.16. The Morgan fingerprint density at radius 1 is 1.53 bits per heavy atom. The summed E-state index contributed by atoms with van der Waals surface area (Å²) in [4.78, 5) is 4.61. The van der Waals surface area contributed by atoms with Gasteiger partial charge in [-0.05, 0) is 25.7 Å². The van der Waals surface area contributed by atoms with E-state index >= 15 is 0 Å². The number of aromatic nitrogens is 1. The van der Waals surface area contributed by atoms with Gasteiger partial charge in [0, 0.05) is 23.4 Å². The molecular formula is C11H16N2OS. The Balaban J connectivity index is 1.57. The lowest BCUT2D eigenvalue weighted by atomic mass is 10.3. The van der Waals surface area contributed by atoms with Gasteiger partial charge in [-0.3, -0.25) is 0 Å². The Morgan fingerprint density at radius 2 is 2.33 bits per heavy atom. The summed E-state index contributed by atoms with van der Waals surface area (Å²) in [5, 5.41) is 16.0. The quantitative estimate of drug-likeness (QED) is 0.799. The number of hydrogen-bond donors (Lipinski definition) is 2. The zero-order chi connectivity index (χ0) is 10.3. The molecule has 1 aromatic heterocycles. The van der Waals surface area contributed by atoms with E-state index in [1.807, 2.05) is 0 Å². The zero-order valence-corrected chi connectivity index (χ0v) is 9.52. The fraction of sp³-hybridized carbons (Fsp3) is 0.727. The van der Waals surface area contributed by atoms with Crippen LogP contribution in [0.4, 0.5) is 0 Å². The third kappa shape index (κ3) is 2.07. The molecule has 3 nitrogen and oxygen atoms in total. The first-order chi connectivity index (χ1) is 7.31. The van der Waals surface area contributed by atoms with Gasteiger partial charge in [-0.15, -0.1) is 11.3 Å². The molecule has 0 unspecified atom stereocenters. The van der Waals surface area contributed by atoms with Crippen molar-refractivity contribution in [1.82, 2.24) is 10.3 Å². The molecule has 0 radical (unpaired) electrons. The molecule has 0 atom stereocenters. The number of rotatable bonds is 5. The third-order valence-electron chi connectivity index (χ3n) is 3.30. The van der Waals surface area contributed by atoms with Crippen LogP contribution in [0.25, 0.3) is 0 Å². The number of aliphatic hydroxyl groups excluding tert-OH is 1. The second kappa shape index (κ2) is 3.54. The summed E-state index contributed by atoms with van der Waals surface area (Å²) >= 11 is 1.79. The van der Waals surface area contributed by atoms with E-state index in [-0.39, 0.29) is 12.1 Å². The fourth-order valence-electron chi connectivity index (χ4n) is 1.74. The van der Waals surface area contributed by atoms with Gasteiger partial charge < -0.3 is 10.4 Å². The number of nitrogens with one attached hydrogen (secondary N) is 1. The highest BCUT2D eigenvalue weighted by atomic mass is 32.1. The highest BCUT2D eigenvalue weighted by Gasteiger charge is 2.41. The lowest BCUT2D eigenvalue weighted by molar-refractivity contribution is 0.229. The van der Waals surface area contributed by atoms with Gasteiger partial charge in [-0.1, -0.05) is 0 Å². The molecule has 0 amide bonds. The molecule has 15 heavy (non-hydrogen) atoms. The van der Waals surface area contributed by atoms with Crippen LogP contribution in [0.3, 0.4) is 0 Å². The molecule has 2 aliphatic carbocycles. The van der Waals surface area contributed by atoms with Crippen LogP contribution < -0.4 is 5.32 Å². The number of aliphatic hydroxyl groups is 1. The molecule has 1 aromatic rings. The molecule has 4 heteroatoms. The summed E-state index contributed by atoms with van der Waals surface area (Å²) in [6, 6.07) is 0. The Hall–Kier alpha value is -0.450. The number of hydrogen-bond acceptors (Lipinski definition) is 4. The van der Waals surface area contributed by atoms with Gasteiger partial charge in [0.05, 0.1) is 17.3 Å². The molecule has 2 saturated carbocycles. The molecular weight excluding hydrogens is 208 g/mol. The summed E-state index contributed by atoms with van der Waals surface area (Å²) in [6.07, 6.45) is 4.84. The van der Waals surface area contributed by atoms with Crippen molar-refractivity contribution in [2.75, 3.05) is 6.61 Å². The normalized spacial score (nSPS) is 23.0. The standard InChI is InChI=1S/C11H16N2OS/c14-7-11(3-4-11)12-5-9-6-15-10(13-9)8-1-2-8/h6,8,12,14H,1-5,7H2. The molecule has 0 aliphatic heterocycles. The lowest BCUT2D eigenvalue weighted by Crippen LogP contribution is -2.34. The third-order valence-corrected chi connectivity index (χ3v) is 4.35. The average molecular weight is 224 g/mol. The van der Waals surface area contributed by atoms with Gasteiger partial charge in [-0.2, -0.15) is 0 Å². The first-order valence-electron chi connectivity index (χ1n) is 5.61. The summed E-state index contributed by atoms with van der Waals surface area (Å²) < 4.78 is 0. The van der Waals surface area contributed by atoms with Crippen LogP contribution in [0.15, 0.2) is 5.38 Å². The minimum atomic E-state index is 0.0311. The minimum absolute atomic E-state index is 0.0311. The van der Waals surface area contributed by atoms with Crippen LogP contribution in [0, 0.1) is 0 Å². The highest BCUT2D eigenvalue weighted by Crippen LogP contribution is 2.41. The second-order valence-corrected chi connectivity index (χ2v) is 5.63. The molecule has 2 aliphatic rings. The van der Waals surface area contributed by atoms with Crippen molar-refractivity contribution in [1.29, 1.82) is 0 Å². The summed E-state index contributed by atoms with van der Waals surface area (Å²) in [5.41, 5.74) is 1.17. The molecule has 2 N–H and O–H groups in total. The van der Waals surface area contributed by atoms with Gasteiger partial charge in [-0.25, -0.2) is 4.98 Å². The monoisotopic (exact) mass is 224 g/mol. The van der Waals surface area contributed by atoms with Gasteiger partial charge >= 0.3 is 0 Å². The molecule has 2 fully saturated rings. The van der Waals surface area contributed by atoms with Crippen LogP contribution >= 0.6 is 11.3 Å². The van der Waals surface area contributed by atoms with Crippen molar-refractivity contribution in [2.45, 2.75) is 43.7 Å². The maximum atomic E-state index is 9.16.